The molecule has 0 aliphatic heterocycles. The lowest BCUT2D eigenvalue weighted by molar-refractivity contribution is -0.125. The van der Waals surface area contributed by atoms with Gasteiger partial charge in [-0.25, -0.2) is 0 Å². The van der Waals surface area contributed by atoms with E-state index in [1.54, 1.807) is 0 Å². The Bertz CT molecular complexity index is 266. The maximum atomic E-state index is 11.7. The Kier molecular flexibility index (Phi) is 5.08. The summed E-state index contributed by atoms with van der Waals surface area (Å²) in [4.78, 5) is 11.7. The maximum absolute atomic E-state index is 11.7. The molecule has 0 aromatic heterocycles. The van der Waals surface area contributed by atoms with Crippen LogP contribution in [0.5, 0.6) is 0 Å². The van der Waals surface area contributed by atoms with Crippen LogP contribution in [0.1, 0.15) is 39.0 Å². The van der Waals surface area contributed by atoms with Gasteiger partial charge in [0.05, 0.1) is 0 Å². The second kappa shape index (κ2) is 6.35. The van der Waals surface area contributed by atoms with Crippen LogP contribution in [0.3, 0.4) is 0 Å². The highest BCUT2D eigenvalue weighted by Crippen LogP contribution is 2.30. The van der Waals surface area contributed by atoms with E-state index in [-0.39, 0.29) is 17.7 Å². The molecule has 16 heavy (non-hydrogen) atoms. The molecule has 4 N–H and O–H groups in total. The molecule has 0 bridgehead atoms. The van der Waals surface area contributed by atoms with Crippen molar-refractivity contribution in [3.05, 3.63) is 0 Å². The summed E-state index contributed by atoms with van der Waals surface area (Å²) in [5.41, 5.74) is 5.32. The van der Waals surface area contributed by atoms with Gasteiger partial charge in [-0.1, -0.05) is 18.5 Å². The van der Waals surface area contributed by atoms with E-state index < -0.39 is 0 Å². The molecule has 2 unspecified atom stereocenters. The largest absolute Gasteiger partial charge is 0.409 e. The predicted molar refractivity (Wildman–Crippen MR) is 62.2 cm³/mol. The van der Waals surface area contributed by atoms with Gasteiger partial charge in [0, 0.05) is 18.9 Å². The third-order valence-corrected chi connectivity index (χ3v) is 3.24. The van der Waals surface area contributed by atoms with E-state index >= 15 is 0 Å². The molecule has 0 heterocycles. The lowest BCUT2D eigenvalue weighted by atomic mass is 9.97. The fourth-order valence-corrected chi connectivity index (χ4v) is 2.20. The fourth-order valence-electron chi connectivity index (χ4n) is 2.20. The summed E-state index contributed by atoms with van der Waals surface area (Å²) in [6, 6.07) is 0. The smallest absolute Gasteiger partial charge is 0.223 e. The van der Waals surface area contributed by atoms with Crippen molar-refractivity contribution in [1.29, 1.82) is 0 Å². The average Bonchev–Trinajstić information content (AvgIpc) is 2.70. The number of carbonyl (C=O) groups is 1. The van der Waals surface area contributed by atoms with Gasteiger partial charge in [0.15, 0.2) is 0 Å². The van der Waals surface area contributed by atoms with Gasteiger partial charge in [-0.15, -0.1) is 0 Å². The summed E-state index contributed by atoms with van der Waals surface area (Å²) in [5.74, 6) is 1.06. The highest BCUT2D eigenvalue weighted by molar-refractivity contribution is 5.80. The van der Waals surface area contributed by atoms with Gasteiger partial charge < -0.3 is 16.3 Å². The average molecular weight is 227 g/mol. The summed E-state index contributed by atoms with van der Waals surface area (Å²) in [6.07, 6.45) is 4.54. The number of carbonyl (C=O) groups excluding carboxylic acids is 1. The van der Waals surface area contributed by atoms with Crippen molar-refractivity contribution < 1.29 is 10.0 Å². The number of hydrogen-bond donors (Lipinski definition) is 3. The van der Waals surface area contributed by atoms with Gasteiger partial charge in [-0.3, -0.25) is 4.79 Å². The zero-order valence-electron chi connectivity index (χ0n) is 9.78. The van der Waals surface area contributed by atoms with Crippen molar-refractivity contribution in [3.8, 4) is 0 Å². The van der Waals surface area contributed by atoms with Gasteiger partial charge >= 0.3 is 0 Å². The molecule has 0 aromatic carbocycles. The number of nitrogens with one attached hydrogen (secondary N) is 1. The number of amides is 1. The van der Waals surface area contributed by atoms with Gasteiger partial charge in [-0.05, 0) is 25.2 Å². The van der Waals surface area contributed by atoms with E-state index in [9.17, 15) is 4.79 Å². The second-order valence-electron chi connectivity index (χ2n) is 4.50. The van der Waals surface area contributed by atoms with Crippen molar-refractivity contribution in [2.75, 3.05) is 6.54 Å². The zero-order chi connectivity index (χ0) is 12.0. The minimum atomic E-state index is 0.157. The lowest BCUT2D eigenvalue weighted by Gasteiger charge is -2.14. The molecule has 0 radical (unpaired) electrons. The molecule has 1 aliphatic carbocycles. The van der Waals surface area contributed by atoms with Crippen molar-refractivity contribution in [2.24, 2.45) is 22.7 Å². The van der Waals surface area contributed by atoms with Crippen LogP contribution in [0.15, 0.2) is 5.16 Å². The van der Waals surface area contributed by atoms with Gasteiger partial charge in [0.25, 0.3) is 0 Å². The van der Waals surface area contributed by atoms with Crippen molar-refractivity contribution in [2.45, 2.75) is 39.0 Å². The first-order valence-corrected chi connectivity index (χ1v) is 5.89. The van der Waals surface area contributed by atoms with Crippen molar-refractivity contribution in [3.63, 3.8) is 0 Å². The Morgan fingerprint density at radius 3 is 2.88 bits per heavy atom. The normalized spacial score (nSPS) is 25.7. The molecule has 2 atom stereocenters. The Balaban J connectivity index is 2.15. The molecule has 92 valence electrons. The summed E-state index contributed by atoms with van der Waals surface area (Å²) in [7, 11) is 0. The third kappa shape index (κ3) is 3.72. The van der Waals surface area contributed by atoms with Crippen molar-refractivity contribution in [1.82, 2.24) is 5.32 Å². The van der Waals surface area contributed by atoms with E-state index in [2.05, 4.69) is 17.4 Å². The van der Waals surface area contributed by atoms with Crippen LogP contribution < -0.4 is 11.1 Å². The fraction of sp³-hybridized carbons (Fsp3) is 0.818. The first kappa shape index (κ1) is 12.8. The van der Waals surface area contributed by atoms with E-state index in [0.717, 1.165) is 19.3 Å². The Morgan fingerprint density at radius 1 is 1.56 bits per heavy atom. The Morgan fingerprint density at radius 2 is 2.31 bits per heavy atom. The summed E-state index contributed by atoms with van der Waals surface area (Å²) >= 11 is 0. The van der Waals surface area contributed by atoms with Crippen LogP contribution >= 0.6 is 0 Å². The number of hydrogen-bond acceptors (Lipinski definition) is 3. The topological polar surface area (TPSA) is 87.7 Å². The Hall–Kier alpha value is -1.26. The number of rotatable bonds is 5. The van der Waals surface area contributed by atoms with E-state index in [0.29, 0.717) is 25.3 Å². The molecule has 0 spiro atoms. The molecular weight excluding hydrogens is 206 g/mol. The van der Waals surface area contributed by atoms with Crippen LogP contribution in [-0.2, 0) is 4.79 Å². The van der Waals surface area contributed by atoms with E-state index in [1.807, 2.05) is 0 Å². The van der Waals surface area contributed by atoms with Crippen LogP contribution in [0.25, 0.3) is 0 Å². The molecule has 1 aliphatic rings. The van der Waals surface area contributed by atoms with Gasteiger partial charge in [0.2, 0.25) is 5.91 Å². The highest BCUT2D eigenvalue weighted by atomic mass is 16.4. The molecule has 0 aromatic rings. The first-order chi connectivity index (χ1) is 7.65. The van der Waals surface area contributed by atoms with E-state index in [4.69, 9.17) is 10.9 Å². The number of nitrogens with two attached hydrogens (primary N) is 1. The number of nitrogens with zero attached hydrogens (tertiary/aromatic N) is 1. The molecule has 5 heteroatoms. The van der Waals surface area contributed by atoms with Crippen LogP contribution in [0.2, 0.25) is 0 Å². The van der Waals surface area contributed by atoms with Crippen LogP contribution in [0.4, 0.5) is 0 Å². The first-order valence-electron chi connectivity index (χ1n) is 5.89. The summed E-state index contributed by atoms with van der Waals surface area (Å²) in [5, 5.41) is 14.1. The predicted octanol–water partition coefficient (Wildman–Crippen LogP) is 1.07. The molecule has 1 saturated carbocycles. The molecule has 1 fully saturated rings. The standard InChI is InChI=1S/C11H21N3O2/c1-8-4-2-5-9(8)11(15)13-7-3-6-10(12)14-16/h8-9,16H,2-7H2,1H3,(H2,12,14)(H,13,15). The SMILES string of the molecule is CC1CCCC1C(=O)NCCCC(N)=NO. The van der Waals surface area contributed by atoms with Crippen molar-refractivity contribution >= 4 is 11.7 Å². The summed E-state index contributed by atoms with van der Waals surface area (Å²) in [6.45, 7) is 2.73. The van der Waals surface area contributed by atoms with Crippen LogP contribution in [-0.4, -0.2) is 23.5 Å². The number of amidine groups is 1. The minimum absolute atomic E-state index is 0.157. The molecular formula is C11H21N3O2. The quantitative estimate of drug-likeness (QED) is 0.216. The second-order valence-corrected chi connectivity index (χ2v) is 4.50. The molecule has 1 amide bonds. The highest BCUT2D eigenvalue weighted by Gasteiger charge is 2.29. The maximum Gasteiger partial charge on any atom is 0.223 e. The number of oxime groups is 1. The molecule has 0 saturated heterocycles. The zero-order valence-corrected chi connectivity index (χ0v) is 9.78. The molecule has 5 nitrogen and oxygen atoms in total. The van der Waals surface area contributed by atoms with Gasteiger partial charge in [-0.2, -0.15) is 0 Å². The molecule has 1 rings (SSSR count). The van der Waals surface area contributed by atoms with E-state index in [1.165, 1.54) is 0 Å². The summed E-state index contributed by atoms with van der Waals surface area (Å²) < 4.78 is 0. The lowest BCUT2D eigenvalue weighted by Crippen LogP contribution is -2.33. The van der Waals surface area contributed by atoms with Gasteiger partial charge in [0.1, 0.15) is 5.84 Å². The monoisotopic (exact) mass is 227 g/mol. The van der Waals surface area contributed by atoms with Crippen LogP contribution in [0, 0.1) is 11.8 Å². The third-order valence-electron chi connectivity index (χ3n) is 3.24. The minimum Gasteiger partial charge on any atom is -0.409 e. The Labute approximate surface area is 96.1 Å².